The molecular formula is C27H38N6O2. The van der Waals surface area contributed by atoms with Gasteiger partial charge in [0.05, 0.1) is 55.8 Å². The fourth-order valence-corrected chi connectivity index (χ4v) is 5.71. The summed E-state index contributed by atoms with van der Waals surface area (Å²) in [5.41, 5.74) is 5.49. The first-order valence-corrected chi connectivity index (χ1v) is 13.1. The number of ether oxygens (including phenoxy) is 2. The van der Waals surface area contributed by atoms with Crippen molar-refractivity contribution in [2.75, 3.05) is 33.4 Å². The van der Waals surface area contributed by atoms with E-state index in [1.165, 1.54) is 37.2 Å². The lowest BCUT2D eigenvalue weighted by Crippen LogP contribution is -2.40. The van der Waals surface area contributed by atoms with Gasteiger partial charge in [-0.05, 0) is 64.6 Å². The second-order valence-electron chi connectivity index (χ2n) is 10.0. The van der Waals surface area contributed by atoms with Crippen LogP contribution in [0.25, 0.3) is 16.9 Å². The zero-order chi connectivity index (χ0) is 24.4. The molecule has 0 amide bonds. The molecular weight excluding hydrogens is 440 g/mol. The van der Waals surface area contributed by atoms with E-state index < -0.39 is 0 Å². The first kappa shape index (κ1) is 24.0. The van der Waals surface area contributed by atoms with Gasteiger partial charge in [-0.3, -0.25) is 4.68 Å². The molecule has 0 aliphatic carbocycles. The Morgan fingerprint density at radius 2 is 1.91 bits per heavy atom. The van der Waals surface area contributed by atoms with Gasteiger partial charge in [0, 0.05) is 35.9 Å². The Morgan fingerprint density at radius 3 is 2.60 bits per heavy atom. The Morgan fingerprint density at radius 1 is 1.11 bits per heavy atom. The summed E-state index contributed by atoms with van der Waals surface area (Å²) < 4.78 is 15.3. The molecule has 5 rings (SSSR count). The molecule has 0 aromatic carbocycles. The van der Waals surface area contributed by atoms with Crippen LogP contribution in [-0.4, -0.2) is 68.9 Å². The van der Waals surface area contributed by atoms with Crippen molar-refractivity contribution in [1.29, 1.82) is 0 Å². The molecule has 188 valence electrons. The number of piperidine rings is 1. The van der Waals surface area contributed by atoms with Gasteiger partial charge < -0.3 is 14.4 Å². The average Bonchev–Trinajstić information content (AvgIpc) is 3.42. The van der Waals surface area contributed by atoms with Gasteiger partial charge >= 0.3 is 0 Å². The minimum Gasteiger partial charge on any atom is -0.481 e. The third kappa shape index (κ3) is 4.86. The number of rotatable bonds is 7. The Bertz CT molecular complexity index is 1110. The van der Waals surface area contributed by atoms with Crippen LogP contribution in [-0.2, 0) is 17.6 Å². The van der Waals surface area contributed by atoms with Crippen LogP contribution in [0, 0.1) is 5.92 Å². The molecule has 1 unspecified atom stereocenters. The molecule has 2 aliphatic heterocycles. The van der Waals surface area contributed by atoms with Gasteiger partial charge in [-0.15, -0.1) is 0 Å². The quantitative estimate of drug-likeness (QED) is 0.504. The first-order chi connectivity index (χ1) is 17.1. The molecule has 0 saturated carbocycles. The van der Waals surface area contributed by atoms with Crippen molar-refractivity contribution in [3.05, 3.63) is 42.0 Å². The molecule has 1 saturated heterocycles. The molecule has 8 nitrogen and oxygen atoms in total. The van der Waals surface area contributed by atoms with Crippen molar-refractivity contribution in [2.24, 2.45) is 5.92 Å². The highest BCUT2D eigenvalue weighted by atomic mass is 16.5. The summed E-state index contributed by atoms with van der Waals surface area (Å²) in [6, 6.07) is 4.94. The standard InChI is InChI=1S/C27H38N6O2/c1-5-24(20-8-12-31(13-9-20)19(2)3)32-18-21(16-29-32)27-23-10-14-35-15-11-25(23)33(30-27)22-6-7-26(34-4)28-17-22/h6-7,16-20,24H,5,8-15H2,1-4H3. The molecule has 0 bridgehead atoms. The largest absolute Gasteiger partial charge is 0.481 e. The van der Waals surface area contributed by atoms with E-state index in [1.54, 1.807) is 7.11 Å². The van der Waals surface area contributed by atoms with Crippen molar-refractivity contribution in [1.82, 2.24) is 29.4 Å². The predicted molar refractivity (Wildman–Crippen MR) is 136 cm³/mol. The van der Waals surface area contributed by atoms with Crippen LogP contribution in [0.3, 0.4) is 0 Å². The summed E-state index contributed by atoms with van der Waals surface area (Å²) in [6.45, 7) is 10.7. The Balaban J connectivity index is 1.44. The van der Waals surface area contributed by atoms with Crippen LogP contribution in [0.15, 0.2) is 30.7 Å². The maximum absolute atomic E-state index is 5.82. The van der Waals surface area contributed by atoms with Gasteiger partial charge in [-0.1, -0.05) is 6.92 Å². The van der Waals surface area contributed by atoms with Gasteiger partial charge in [-0.2, -0.15) is 10.2 Å². The Labute approximate surface area is 208 Å². The molecule has 1 atom stereocenters. The number of likely N-dealkylation sites (tertiary alicyclic amines) is 1. The number of nitrogens with zero attached hydrogens (tertiary/aromatic N) is 6. The highest BCUT2D eigenvalue weighted by Crippen LogP contribution is 2.34. The van der Waals surface area contributed by atoms with Gasteiger partial charge in [-0.25, -0.2) is 9.67 Å². The molecule has 1 fully saturated rings. The minimum absolute atomic E-state index is 0.424. The summed E-state index contributed by atoms with van der Waals surface area (Å²) in [5, 5.41) is 9.95. The summed E-state index contributed by atoms with van der Waals surface area (Å²) in [5.74, 6) is 1.26. The number of fused-ring (bicyclic) bond motifs is 1. The van der Waals surface area contributed by atoms with Crippen LogP contribution < -0.4 is 4.74 Å². The van der Waals surface area contributed by atoms with E-state index in [9.17, 15) is 0 Å². The summed E-state index contributed by atoms with van der Waals surface area (Å²) in [7, 11) is 1.63. The highest BCUT2D eigenvalue weighted by Gasteiger charge is 2.29. The predicted octanol–water partition coefficient (Wildman–Crippen LogP) is 4.33. The smallest absolute Gasteiger partial charge is 0.213 e. The molecule has 0 radical (unpaired) electrons. The first-order valence-electron chi connectivity index (χ1n) is 13.1. The summed E-state index contributed by atoms with van der Waals surface area (Å²) in [6.07, 6.45) is 11.3. The Hall–Kier alpha value is -2.71. The van der Waals surface area contributed by atoms with E-state index in [0.717, 1.165) is 36.2 Å². The zero-order valence-corrected chi connectivity index (χ0v) is 21.5. The topological polar surface area (TPSA) is 70.2 Å². The van der Waals surface area contributed by atoms with E-state index in [-0.39, 0.29) is 0 Å². The molecule has 2 aliphatic rings. The van der Waals surface area contributed by atoms with Gasteiger partial charge in [0.1, 0.15) is 0 Å². The second-order valence-corrected chi connectivity index (χ2v) is 10.0. The lowest BCUT2D eigenvalue weighted by Gasteiger charge is -2.37. The molecule has 5 heterocycles. The third-order valence-corrected chi connectivity index (χ3v) is 7.73. The van der Waals surface area contributed by atoms with Crippen molar-refractivity contribution in [3.63, 3.8) is 0 Å². The number of aromatic nitrogens is 5. The Kier molecular flexibility index (Phi) is 7.20. The van der Waals surface area contributed by atoms with E-state index in [0.29, 0.717) is 37.1 Å². The van der Waals surface area contributed by atoms with E-state index in [2.05, 4.69) is 41.5 Å². The number of methoxy groups -OCH3 is 1. The third-order valence-electron chi connectivity index (χ3n) is 7.73. The fourth-order valence-electron chi connectivity index (χ4n) is 5.71. The van der Waals surface area contributed by atoms with E-state index in [1.807, 2.05) is 29.2 Å². The maximum Gasteiger partial charge on any atom is 0.213 e. The molecule has 3 aromatic heterocycles. The minimum atomic E-state index is 0.424. The second kappa shape index (κ2) is 10.5. The number of hydrogen-bond donors (Lipinski definition) is 0. The van der Waals surface area contributed by atoms with Crippen molar-refractivity contribution < 1.29 is 9.47 Å². The van der Waals surface area contributed by atoms with Crippen molar-refractivity contribution in [3.8, 4) is 22.8 Å². The van der Waals surface area contributed by atoms with Crippen molar-refractivity contribution in [2.45, 2.75) is 65.0 Å². The van der Waals surface area contributed by atoms with Gasteiger partial charge in [0.2, 0.25) is 5.88 Å². The van der Waals surface area contributed by atoms with E-state index >= 15 is 0 Å². The van der Waals surface area contributed by atoms with Crippen LogP contribution in [0.5, 0.6) is 5.88 Å². The number of pyridine rings is 1. The molecule has 3 aromatic rings. The van der Waals surface area contributed by atoms with Gasteiger partial charge in [0.25, 0.3) is 0 Å². The summed E-state index contributed by atoms with van der Waals surface area (Å²) >= 11 is 0. The van der Waals surface area contributed by atoms with Crippen LogP contribution in [0.1, 0.15) is 57.3 Å². The van der Waals surface area contributed by atoms with Crippen LogP contribution in [0.4, 0.5) is 0 Å². The SMILES string of the molecule is CCC(C1CCN(C(C)C)CC1)n1cc(-c2nn(-c3ccc(OC)nc3)c3c2CCOCC3)cn1. The van der Waals surface area contributed by atoms with Crippen LogP contribution >= 0.6 is 0 Å². The van der Waals surface area contributed by atoms with Crippen molar-refractivity contribution >= 4 is 0 Å². The average molecular weight is 479 g/mol. The molecule has 8 heteroatoms. The number of hydrogen-bond acceptors (Lipinski definition) is 6. The lowest BCUT2D eigenvalue weighted by molar-refractivity contribution is 0.117. The zero-order valence-electron chi connectivity index (χ0n) is 21.5. The maximum atomic E-state index is 5.82. The fraction of sp³-hybridized carbons (Fsp3) is 0.593. The van der Waals surface area contributed by atoms with Crippen LogP contribution in [0.2, 0.25) is 0 Å². The summed E-state index contributed by atoms with van der Waals surface area (Å²) in [4.78, 5) is 6.99. The highest BCUT2D eigenvalue weighted by molar-refractivity contribution is 5.64. The molecule has 0 N–H and O–H groups in total. The normalized spacial score (nSPS) is 18.4. The monoisotopic (exact) mass is 478 g/mol. The molecule has 0 spiro atoms. The van der Waals surface area contributed by atoms with Gasteiger partial charge in [0.15, 0.2) is 0 Å². The molecule has 35 heavy (non-hydrogen) atoms. The lowest BCUT2D eigenvalue weighted by atomic mass is 9.87. The van der Waals surface area contributed by atoms with E-state index in [4.69, 9.17) is 19.7 Å².